The predicted octanol–water partition coefficient (Wildman–Crippen LogP) is 0.642. The van der Waals surface area contributed by atoms with Crippen molar-refractivity contribution in [2.24, 2.45) is 27.4 Å². The number of hydrogen-bond acceptors (Lipinski definition) is 3. The van der Waals surface area contributed by atoms with Crippen LogP contribution in [0, 0.1) is 0 Å². The minimum absolute atomic E-state index is 0.00213. The van der Waals surface area contributed by atoms with E-state index in [0.29, 0.717) is 5.56 Å². The Balaban J connectivity index is 3.03. The van der Waals surface area contributed by atoms with Crippen LogP contribution in [0.1, 0.15) is 11.1 Å². The van der Waals surface area contributed by atoms with Gasteiger partial charge in [0.25, 0.3) is 0 Å². The first-order chi connectivity index (χ1) is 8.34. The largest absolute Gasteiger partial charge is 0.416 e. The van der Waals surface area contributed by atoms with Gasteiger partial charge in [-0.05, 0) is 17.7 Å². The molecule has 1 rings (SSSR count). The summed E-state index contributed by atoms with van der Waals surface area (Å²) >= 11 is 0. The summed E-state index contributed by atoms with van der Waals surface area (Å²) in [5, 5.41) is 7.05. The molecule has 1 aromatic carbocycles. The second kappa shape index (κ2) is 5.50. The van der Waals surface area contributed by atoms with Gasteiger partial charge in [-0.2, -0.15) is 18.3 Å². The average Bonchev–Trinajstić information content (AvgIpc) is 2.29. The monoisotopic (exact) mass is 259 g/mol. The third-order valence-corrected chi connectivity index (χ3v) is 2.02. The zero-order valence-electron chi connectivity index (χ0n) is 9.28. The zero-order valence-corrected chi connectivity index (χ0v) is 9.28. The van der Waals surface area contributed by atoms with Gasteiger partial charge >= 0.3 is 6.18 Å². The standard InChI is InChI=1S/C10H12F3N5/c11-10(12,13)7-3-1-6(2-4-7)8(5-14)17-18-9(15)16/h1-4H,5,14H2,(H4,15,16,18)/b17-8+. The van der Waals surface area contributed by atoms with Crippen LogP contribution in [0.15, 0.2) is 34.5 Å². The number of halogens is 3. The zero-order chi connectivity index (χ0) is 13.8. The summed E-state index contributed by atoms with van der Waals surface area (Å²) in [6, 6.07) is 4.40. The van der Waals surface area contributed by atoms with Crippen molar-refractivity contribution in [3.63, 3.8) is 0 Å². The molecule has 18 heavy (non-hydrogen) atoms. The Labute approximate surface area is 101 Å². The Morgan fingerprint density at radius 1 is 1.06 bits per heavy atom. The summed E-state index contributed by atoms with van der Waals surface area (Å²) in [6.45, 7) is 0.00213. The van der Waals surface area contributed by atoms with E-state index in [1.807, 2.05) is 0 Å². The minimum Gasteiger partial charge on any atom is -0.369 e. The fourth-order valence-electron chi connectivity index (χ4n) is 1.19. The SMILES string of the molecule is NC/C(=N\N=C(N)N)c1ccc(C(F)(F)F)cc1. The summed E-state index contributed by atoms with van der Waals surface area (Å²) in [5.41, 5.74) is 15.6. The second-order valence-corrected chi connectivity index (χ2v) is 3.35. The van der Waals surface area contributed by atoms with Gasteiger partial charge in [0.05, 0.1) is 11.3 Å². The molecule has 0 saturated carbocycles. The third-order valence-electron chi connectivity index (χ3n) is 2.02. The lowest BCUT2D eigenvalue weighted by molar-refractivity contribution is -0.137. The number of nitrogens with two attached hydrogens (primary N) is 3. The fraction of sp³-hybridized carbons (Fsp3) is 0.200. The summed E-state index contributed by atoms with van der Waals surface area (Å²) in [6.07, 6.45) is -4.38. The highest BCUT2D eigenvalue weighted by Gasteiger charge is 2.30. The normalized spacial score (nSPS) is 12.3. The maximum atomic E-state index is 12.3. The Morgan fingerprint density at radius 3 is 2.00 bits per heavy atom. The molecule has 98 valence electrons. The smallest absolute Gasteiger partial charge is 0.369 e. The van der Waals surface area contributed by atoms with Crippen molar-refractivity contribution in [1.29, 1.82) is 0 Å². The topological polar surface area (TPSA) is 103 Å². The molecule has 0 unspecified atom stereocenters. The van der Waals surface area contributed by atoms with Gasteiger partial charge in [0.2, 0.25) is 5.96 Å². The first-order valence-electron chi connectivity index (χ1n) is 4.87. The van der Waals surface area contributed by atoms with E-state index in [9.17, 15) is 13.2 Å². The molecule has 1 aromatic rings. The van der Waals surface area contributed by atoms with Gasteiger partial charge in [-0.15, -0.1) is 5.10 Å². The van der Waals surface area contributed by atoms with Crippen molar-refractivity contribution >= 4 is 11.7 Å². The van der Waals surface area contributed by atoms with Gasteiger partial charge in [-0.1, -0.05) is 12.1 Å². The Kier molecular flexibility index (Phi) is 4.27. The van der Waals surface area contributed by atoms with Crippen LogP contribution in [0.3, 0.4) is 0 Å². The van der Waals surface area contributed by atoms with Gasteiger partial charge < -0.3 is 17.2 Å². The minimum atomic E-state index is -4.38. The predicted molar refractivity (Wildman–Crippen MR) is 62.8 cm³/mol. The van der Waals surface area contributed by atoms with Crippen molar-refractivity contribution in [3.05, 3.63) is 35.4 Å². The Bertz CT molecular complexity index is 457. The number of nitrogens with zero attached hydrogens (tertiary/aromatic N) is 2. The number of hydrogen-bond donors (Lipinski definition) is 3. The Hall–Kier alpha value is -2.09. The summed E-state index contributed by atoms with van der Waals surface area (Å²) in [5.74, 6) is -0.257. The van der Waals surface area contributed by atoms with Crippen molar-refractivity contribution in [2.45, 2.75) is 6.18 Å². The van der Waals surface area contributed by atoms with E-state index in [1.54, 1.807) is 0 Å². The molecule has 0 aliphatic carbocycles. The van der Waals surface area contributed by atoms with Crippen LogP contribution in [0.5, 0.6) is 0 Å². The lowest BCUT2D eigenvalue weighted by Gasteiger charge is -2.07. The van der Waals surface area contributed by atoms with E-state index in [-0.39, 0.29) is 18.2 Å². The molecule has 5 nitrogen and oxygen atoms in total. The van der Waals surface area contributed by atoms with Crippen LogP contribution >= 0.6 is 0 Å². The van der Waals surface area contributed by atoms with Gasteiger partial charge in [0.1, 0.15) is 0 Å². The molecule has 0 bridgehead atoms. The molecular formula is C10H12F3N5. The van der Waals surface area contributed by atoms with E-state index in [4.69, 9.17) is 17.2 Å². The van der Waals surface area contributed by atoms with E-state index in [2.05, 4.69) is 10.2 Å². The molecule has 0 radical (unpaired) electrons. The molecular weight excluding hydrogens is 247 g/mol. The number of rotatable bonds is 3. The van der Waals surface area contributed by atoms with Gasteiger partial charge in [-0.3, -0.25) is 0 Å². The van der Waals surface area contributed by atoms with Crippen molar-refractivity contribution in [1.82, 2.24) is 0 Å². The molecule has 0 fully saturated rings. The lowest BCUT2D eigenvalue weighted by Crippen LogP contribution is -2.23. The van der Waals surface area contributed by atoms with Crippen LogP contribution in [0.2, 0.25) is 0 Å². The molecule has 0 heterocycles. The number of alkyl halides is 3. The third kappa shape index (κ3) is 3.74. The molecule has 0 aliphatic rings. The highest BCUT2D eigenvalue weighted by molar-refractivity contribution is 6.02. The maximum absolute atomic E-state index is 12.3. The van der Waals surface area contributed by atoms with Crippen LogP contribution < -0.4 is 17.2 Å². The summed E-state index contributed by atoms with van der Waals surface area (Å²) in [4.78, 5) is 0. The molecule has 6 N–H and O–H groups in total. The molecule has 8 heteroatoms. The first-order valence-corrected chi connectivity index (χ1v) is 4.87. The highest BCUT2D eigenvalue weighted by atomic mass is 19.4. The van der Waals surface area contributed by atoms with E-state index >= 15 is 0 Å². The molecule has 0 saturated heterocycles. The van der Waals surface area contributed by atoms with Gasteiger partial charge in [-0.25, -0.2) is 0 Å². The summed E-state index contributed by atoms with van der Waals surface area (Å²) < 4.78 is 37.0. The fourth-order valence-corrected chi connectivity index (χ4v) is 1.19. The molecule has 0 spiro atoms. The van der Waals surface area contributed by atoms with Gasteiger partial charge in [0.15, 0.2) is 0 Å². The van der Waals surface area contributed by atoms with E-state index in [1.165, 1.54) is 12.1 Å². The first kappa shape index (κ1) is 14.0. The number of benzene rings is 1. The van der Waals surface area contributed by atoms with Crippen molar-refractivity contribution < 1.29 is 13.2 Å². The van der Waals surface area contributed by atoms with Crippen LogP contribution in [0.25, 0.3) is 0 Å². The molecule has 0 aliphatic heterocycles. The Morgan fingerprint density at radius 2 is 1.61 bits per heavy atom. The van der Waals surface area contributed by atoms with Crippen molar-refractivity contribution in [3.8, 4) is 0 Å². The molecule has 0 atom stereocenters. The van der Waals surface area contributed by atoms with Crippen LogP contribution in [-0.4, -0.2) is 18.2 Å². The second-order valence-electron chi connectivity index (χ2n) is 3.35. The molecule has 0 amide bonds. The number of guanidine groups is 1. The lowest BCUT2D eigenvalue weighted by atomic mass is 10.1. The van der Waals surface area contributed by atoms with E-state index < -0.39 is 11.7 Å². The summed E-state index contributed by atoms with van der Waals surface area (Å²) in [7, 11) is 0. The average molecular weight is 259 g/mol. The van der Waals surface area contributed by atoms with Crippen molar-refractivity contribution in [2.75, 3.05) is 6.54 Å². The molecule has 0 aromatic heterocycles. The van der Waals surface area contributed by atoms with Gasteiger partial charge in [0, 0.05) is 6.54 Å². The maximum Gasteiger partial charge on any atom is 0.416 e. The van der Waals surface area contributed by atoms with Crippen LogP contribution in [-0.2, 0) is 6.18 Å². The highest BCUT2D eigenvalue weighted by Crippen LogP contribution is 2.29. The quantitative estimate of drug-likeness (QED) is 0.421. The van der Waals surface area contributed by atoms with E-state index in [0.717, 1.165) is 12.1 Å². The van der Waals surface area contributed by atoms with Crippen LogP contribution in [0.4, 0.5) is 13.2 Å².